The van der Waals surface area contributed by atoms with Gasteiger partial charge in [0.2, 0.25) is 6.29 Å². The number of hydrogen-bond acceptors (Lipinski definition) is 8. The van der Waals surface area contributed by atoms with Crippen LogP contribution in [0.15, 0.2) is 36.2 Å². The van der Waals surface area contributed by atoms with Gasteiger partial charge in [-0.1, -0.05) is 6.07 Å². The third kappa shape index (κ3) is 8.76. The van der Waals surface area contributed by atoms with Gasteiger partial charge in [0, 0.05) is 25.7 Å². The lowest BCUT2D eigenvalue weighted by atomic mass is 9.88. The molecule has 1 saturated carbocycles. The number of pyridine rings is 1. The Morgan fingerprint density at radius 1 is 1.23 bits per heavy atom. The second-order valence-electron chi connectivity index (χ2n) is 9.40. The van der Waals surface area contributed by atoms with E-state index in [-0.39, 0.29) is 12.1 Å². The molecule has 1 aliphatic carbocycles. The van der Waals surface area contributed by atoms with Crippen molar-refractivity contribution >= 4 is 18.0 Å². The van der Waals surface area contributed by atoms with Crippen LogP contribution in [0.25, 0.3) is 6.08 Å². The van der Waals surface area contributed by atoms with Crippen molar-refractivity contribution in [3.05, 3.63) is 47.5 Å². The normalized spacial score (nSPS) is 18.7. The number of carbonyl (C=O) groups excluding carboxylic acids is 2. The van der Waals surface area contributed by atoms with Gasteiger partial charge in [-0.2, -0.15) is 0 Å². The molecule has 1 aliphatic heterocycles. The highest BCUT2D eigenvalue weighted by Gasteiger charge is 2.42. The summed E-state index contributed by atoms with van der Waals surface area (Å²) in [5, 5.41) is 6.77. The Morgan fingerprint density at radius 3 is 2.63 bits per heavy atom. The molecule has 2 heterocycles. The molecule has 3 rings (SSSR count). The Morgan fingerprint density at radius 2 is 1.97 bits per heavy atom. The molecule has 2 aliphatic rings. The van der Waals surface area contributed by atoms with Crippen LogP contribution in [0.4, 0.5) is 0 Å². The van der Waals surface area contributed by atoms with Crippen molar-refractivity contribution in [3.8, 4) is 0 Å². The molecule has 1 aromatic heterocycles. The minimum Gasteiger partial charge on any atom is -0.471 e. The number of nitrogens with one attached hydrogen (secondary N) is 3. The lowest BCUT2D eigenvalue weighted by Gasteiger charge is -2.37. The van der Waals surface area contributed by atoms with Gasteiger partial charge in [0.15, 0.2) is 0 Å². The maximum absolute atomic E-state index is 13.1. The van der Waals surface area contributed by atoms with E-state index in [0.29, 0.717) is 19.4 Å². The van der Waals surface area contributed by atoms with Gasteiger partial charge in [0.1, 0.15) is 11.6 Å². The summed E-state index contributed by atoms with van der Waals surface area (Å²) in [4.78, 5) is 34.6. The Kier molecular flexibility index (Phi) is 10.3. The largest absolute Gasteiger partial charge is 0.471 e. The van der Waals surface area contributed by atoms with E-state index in [4.69, 9.17) is 14.3 Å². The maximum atomic E-state index is 13.1. The van der Waals surface area contributed by atoms with E-state index in [9.17, 15) is 9.59 Å². The van der Waals surface area contributed by atoms with Gasteiger partial charge >= 0.3 is 5.97 Å². The number of rotatable bonds is 11. The van der Waals surface area contributed by atoms with Crippen molar-refractivity contribution in [1.82, 2.24) is 21.1 Å². The zero-order valence-corrected chi connectivity index (χ0v) is 21.0. The van der Waals surface area contributed by atoms with Crippen LogP contribution in [0.5, 0.6) is 0 Å². The molecule has 2 fully saturated rings. The van der Waals surface area contributed by atoms with Crippen LogP contribution in [0.2, 0.25) is 0 Å². The fraction of sp³-hybridized carbons (Fsp3) is 0.577. The van der Waals surface area contributed by atoms with Gasteiger partial charge in [-0.15, -0.1) is 0 Å². The molecule has 1 amide bonds. The molecule has 9 nitrogen and oxygen atoms in total. The molecule has 1 aromatic rings. The Labute approximate surface area is 207 Å². The number of hydroxylamine groups is 1. The molecule has 9 heteroatoms. The van der Waals surface area contributed by atoms with E-state index in [2.05, 4.69) is 21.1 Å². The third-order valence-corrected chi connectivity index (χ3v) is 6.13. The van der Waals surface area contributed by atoms with Crippen molar-refractivity contribution < 1.29 is 23.9 Å². The van der Waals surface area contributed by atoms with Crippen molar-refractivity contribution in [3.63, 3.8) is 0 Å². The quantitative estimate of drug-likeness (QED) is 0.144. The monoisotopic (exact) mass is 486 g/mol. The van der Waals surface area contributed by atoms with Gasteiger partial charge in [-0.3, -0.25) is 19.9 Å². The highest BCUT2D eigenvalue weighted by atomic mass is 16.8. The van der Waals surface area contributed by atoms with E-state index in [0.717, 1.165) is 55.6 Å². The summed E-state index contributed by atoms with van der Waals surface area (Å²) in [6.45, 7) is 7.50. The van der Waals surface area contributed by atoms with Crippen LogP contribution in [-0.2, 0) is 30.4 Å². The summed E-state index contributed by atoms with van der Waals surface area (Å²) in [5.74, 6) is -0.545. The summed E-state index contributed by atoms with van der Waals surface area (Å²) in [6, 6.07) is 3.76. The molecule has 1 unspecified atom stereocenters. The molecular weight excluding hydrogens is 448 g/mol. The summed E-state index contributed by atoms with van der Waals surface area (Å²) in [7, 11) is 0. The molecule has 0 bridgehead atoms. The molecule has 192 valence electrons. The molecule has 1 saturated heterocycles. The number of aromatic nitrogens is 1. The van der Waals surface area contributed by atoms with Crippen LogP contribution in [0.1, 0.15) is 70.6 Å². The minimum absolute atomic E-state index is 0.0518. The molecule has 0 radical (unpaired) electrons. The number of hydrogen-bond donors (Lipinski definition) is 3. The Bertz CT molecular complexity index is 884. The highest BCUT2D eigenvalue weighted by Crippen LogP contribution is 2.26. The SMILES string of the molecule is CC(C)=COC(C)ONC(=O)C=Cc1ccc(CNC2(C(=O)OC3CCCC3)CCNCC2)nc1. The Hall–Kier alpha value is -2.75. The summed E-state index contributed by atoms with van der Waals surface area (Å²) >= 11 is 0. The number of nitrogens with zero attached hydrogens (tertiary/aromatic N) is 1. The third-order valence-electron chi connectivity index (χ3n) is 6.13. The minimum atomic E-state index is -0.682. The molecular formula is C26H38N4O5. The first-order valence-electron chi connectivity index (χ1n) is 12.4. The highest BCUT2D eigenvalue weighted by molar-refractivity contribution is 5.90. The molecule has 3 N–H and O–H groups in total. The van der Waals surface area contributed by atoms with E-state index >= 15 is 0 Å². The molecule has 35 heavy (non-hydrogen) atoms. The fourth-order valence-electron chi connectivity index (χ4n) is 4.08. The smallest absolute Gasteiger partial charge is 0.326 e. The molecule has 1 atom stereocenters. The lowest BCUT2D eigenvalue weighted by Crippen LogP contribution is -2.58. The average molecular weight is 487 g/mol. The van der Waals surface area contributed by atoms with Gasteiger partial charge in [0.25, 0.3) is 5.91 Å². The average Bonchev–Trinajstić information content (AvgIpc) is 3.38. The summed E-state index contributed by atoms with van der Waals surface area (Å²) in [5.41, 5.74) is 4.22. The number of amides is 1. The van der Waals surface area contributed by atoms with E-state index in [1.54, 1.807) is 25.5 Å². The van der Waals surface area contributed by atoms with Crippen molar-refractivity contribution in [1.29, 1.82) is 0 Å². The number of piperidine rings is 1. The van der Waals surface area contributed by atoms with Crippen molar-refractivity contribution in [2.45, 2.75) is 83.8 Å². The van der Waals surface area contributed by atoms with E-state index in [1.807, 2.05) is 26.0 Å². The van der Waals surface area contributed by atoms with Gasteiger partial charge in [-0.05, 0) is 88.7 Å². The predicted octanol–water partition coefficient (Wildman–Crippen LogP) is 3.13. The number of carbonyl (C=O) groups is 2. The number of ether oxygens (including phenoxy) is 2. The van der Waals surface area contributed by atoms with Crippen LogP contribution in [0, 0.1) is 0 Å². The fourth-order valence-corrected chi connectivity index (χ4v) is 4.08. The first kappa shape index (κ1) is 26.8. The van der Waals surface area contributed by atoms with E-state index < -0.39 is 17.7 Å². The van der Waals surface area contributed by atoms with Crippen LogP contribution < -0.4 is 16.1 Å². The van der Waals surface area contributed by atoms with Crippen LogP contribution >= 0.6 is 0 Å². The molecule has 0 spiro atoms. The van der Waals surface area contributed by atoms with Crippen LogP contribution in [0.3, 0.4) is 0 Å². The maximum Gasteiger partial charge on any atom is 0.326 e. The standard InChI is InChI=1S/C26H38N4O5/c1-19(2)18-33-20(3)35-30-24(31)11-9-21-8-10-22(28-16-21)17-29-26(12-14-27-15-13-26)25(32)34-23-6-4-5-7-23/h8-11,16,18,20,23,27,29H,4-7,12-15,17H2,1-3H3,(H,30,31). The first-order valence-corrected chi connectivity index (χ1v) is 12.4. The summed E-state index contributed by atoms with van der Waals surface area (Å²) in [6.07, 6.45) is 11.3. The zero-order chi connectivity index (χ0) is 25.1. The lowest BCUT2D eigenvalue weighted by molar-refractivity contribution is -0.160. The number of esters is 1. The van der Waals surface area contributed by atoms with Gasteiger partial charge in [0.05, 0.1) is 12.0 Å². The predicted molar refractivity (Wildman–Crippen MR) is 132 cm³/mol. The van der Waals surface area contributed by atoms with E-state index in [1.165, 1.54) is 6.08 Å². The molecule has 0 aromatic carbocycles. The first-order chi connectivity index (χ1) is 16.9. The topological polar surface area (TPSA) is 111 Å². The van der Waals surface area contributed by atoms with Crippen molar-refractivity contribution in [2.24, 2.45) is 0 Å². The second-order valence-corrected chi connectivity index (χ2v) is 9.40. The van der Waals surface area contributed by atoms with Crippen molar-refractivity contribution in [2.75, 3.05) is 13.1 Å². The van der Waals surface area contributed by atoms with Gasteiger partial charge < -0.3 is 14.8 Å². The van der Waals surface area contributed by atoms with Gasteiger partial charge in [-0.25, -0.2) is 10.3 Å². The Balaban J connectivity index is 1.49. The zero-order valence-electron chi connectivity index (χ0n) is 21.0. The number of allylic oxidation sites excluding steroid dienone is 1. The summed E-state index contributed by atoms with van der Waals surface area (Å²) < 4.78 is 11.1. The van der Waals surface area contributed by atoms with Crippen LogP contribution in [-0.4, -0.2) is 47.9 Å². The second kappa shape index (κ2) is 13.4.